The molecule has 3 heteroatoms. The zero-order valence-electron chi connectivity index (χ0n) is 15.2. The molecule has 0 fully saturated rings. The molecule has 0 aromatic heterocycles. The molecule has 2 aromatic carbocycles. The first-order valence-electron chi connectivity index (χ1n) is 8.64. The van der Waals surface area contributed by atoms with Gasteiger partial charge in [0, 0.05) is 12.2 Å². The van der Waals surface area contributed by atoms with Crippen molar-refractivity contribution in [3.05, 3.63) is 65.2 Å². The summed E-state index contributed by atoms with van der Waals surface area (Å²) in [6, 6.07) is 16.6. The minimum Gasteiger partial charge on any atom is -0.325 e. The molecular weight excluding hydrogens is 296 g/mol. The minimum absolute atomic E-state index is 0.0239. The molecule has 2 aromatic rings. The summed E-state index contributed by atoms with van der Waals surface area (Å²) in [7, 11) is 1.97. The van der Waals surface area contributed by atoms with Crippen LogP contribution in [0.2, 0.25) is 0 Å². The lowest BCUT2D eigenvalue weighted by molar-refractivity contribution is -0.117. The molecule has 0 radical (unpaired) electrons. The van der Waals surface area contributed by atoms with Crippen molar-refractivity contribution in [2.24, 2.45) is 0 Å². The molecule has 2 rings (SSSR count). The number of rotatable bonds is 7. The molecule has 0 unspecified atom stereocenters. The number of para-hydroxylation sites is 1. The monoisotopic (exact) mass is 324 g/mol. The van der Waals surface area contributed by atoms with Crippen LogP contribution >= 0.6 is 0 Å². The number of aryl methyl sites for hydroxylation is 1. The molecule has 0 aliphatic rings. The second-order valence-corrected chi connectivity index (χ2v) is 6.63. The molecule has 0 aliphatic heterocycles. The van der Waals surface area contributed by atoms with E-state index in [1.165, 1.54) is 16.7 Å². The van der Waals surface area contributed by atoms with Crippen molar-refractivity contribution in [2.75, 3.05) is 18.9 Å². The third kappa shape index (κ3) is 5.20. The van der Waals surface area contributed by atoms with Gasteiger partial charge in [0.05, 0.1) is 6.54 Å². The smallest absolute Gasteiger partial charge is 0.238 e. The maximum absolute atomic E-state index is 12.3. The fourth-order valence-electron chi connectivity index (χ4n) is 2.80. The van der Waals surface area contributed by atoms with Gasteiger partial charge in [0.25, 0.3) is 0 Å². The van der Waals surface area contributed by atoms with Gasteiger partial charge in [-0.1, -0.05) is 63.2 Å². The average molecular weight is 324 g/mol. The van der Waals surface area contributed by atoms with Gasteiger partial charge in [0.2, 0.25) is 5.91 Å². The number of nitrogens with zero attached hydrogens (tertiary/aromatic N) is 1. The summed E-state index contributed by atoms with van der Waals surface area (Å²) < 4.78 is 0. The lowest BCUT2D eigenvalue weighted by Gasteiger charge is -2.18. The van der Waals surface area contributed by atoms with Crippen LogP contribution < -0.4 is 5.32 Å². The Morgan fingerprint density at radius 3 is 2.29 bits per heavy atom. The molecule has 24 heavy (non-hydrogen) atoms. The highest BCUT2D eigenvalue weighted by molar-refractivity contribution is 5.93. The van der Waals surface area contributed by atoms with Crippen LogP contribution in [0.25, 0.3) is 0 Å². The van der Waals surface area contributed by atoms with Crippen molar-refractivity contribution < 1.29 is 4.79 Å². The predicted molar refractivity (Wildman–Crippen MR) is 101 cm³/mol. The van der Waals surface area contributed by atoms with Crippen LogP contribution in [-0.2, 0) is 17.8 Å². The number of anilines is 1. The van der Waals surface area contributed by atoms with Gasteiger partial charge in [-0.2, -0.15) is 0 Å². The summed E-state index contributed by atoms with van der Waals surface area (Å²) in [5, 5.41) is 3.05. The maximum atomic E-state index is 12.3. The highest BCUT2D eigenvalue weighted by Gasteiger charge is 2.11. The molecule has 0 heterocycles. The summed E-state index contributed by atoms with van der Waals surface area (Å²) in [6.07, 6.45) is 1.05. The van der Waals surface area contributed by atoms with E-state index in [0.29, 0.717) is 12.5 Å². The topological polar surface area (TPSA) is 32.3 Å². The summed E-state index contributed by atoms with van der Waals surface area (Å²) in [5.41, 5.74) is 4.65. The highest BCUT2D eigenvalue weighted by Crippen LogP contribution is 2.23. The van der Waals surface area contributed by atoms with E-state index in [1.807, 2.05) is 30.1 Å². The third-order valence-corrected chi connectivity index (χ3v) is 4.15. The molecule has 3 nitrogen and oxygen atoms in total. The second kappa shape index (κ2) is 8.65. The Kier molecular flexibility index (Phi) is 6.56. The SMILES string of the molecule is CCc1ccc(CN(C)CC(=O)Nc2ccccc2C(C)C)cc1. The van der Waals surface area contributed by atoms with Gasteiger partial charge in [0.15, 0.2) is 0 Å². The van der Waals surface area contributed by atoms with Crippen LogP contribution in [0.5, 0.6) is 0 Å². The number of carbonyl (C=O) groups excluding carboxylic acids is 1. The summed E-state index contributed by atoms with van der Waals surface area (Å²) in [5.74, 6) is 0.409. The lowest BCUT2D eigenvalue weighted by atomic mass is 10.0. The molecule has 0 atom stereocenters. The van der Waals surface area contributed by atoms with Crippen LogP contribution in [-0.4, -0.2) is 24.4 Å². The van der Waals surface area contributed by atoms with Gasteiger partial charge in [-0.25, -0.2) is 0 Å². The Labute approximate surface area is 145 Å². The Balaban J connectivity index is 1.92. The van der Waals surface area contributed by atoms with Gasteiger partial charge < -0.3 is 5.32 Å². The highest BCUT2D eigenvalue weighted by atomic mass is 16.2. The second-order valence-electron chi connectivity index (χ2n) is 6.63. The van der Waals surface area contributed by atoms with Gasteiger partial charge in [-0.3, -0.25) is 9.69 Å². The summed E-state index contributed by atoms with van der Waals surface area (Å²) in [6.45, 7) is 7.57. The van der Waals surface area contributed by atoms with Gasteiger partial charge in [0.1, 0.15) is 0 Å². The van der Waals surface area contributed by atoms with Crippen LogP contribution in [0.15, 0.2) is 48.5 Å². The van der Waals surface area contributed by atoms with Crippen LogP contribution in [0.1, 0.15) is 43.4 Å². The molecule has 0 saturated carbocycles. The zero-order chi connectivity index (χ0) is 17.5. The van der Waals surface area contributed by atoms with Crippen molar-refractivity contribution in [3.63, 3.8) is 0 Å². The quantitative estimate of drug-likeness (QED) is 0.816. The van der Waals surface area contributed by atoms with E-state index in [4.69, 9.17) is 0 Å². The van der Waals surface area contributed by atoms with Crippen molar-refractivity contribution in [2.45, 2.75) is 39.7 Å². The van der Waals surface area contributed by atoms with Crippen molar-refractivity contribution in [1.82, 2.24) is 4.90 Å². The van der Waals surface area contributed by atoms with Crippen molar-refractivity contribution >= 4 is 11.6 Å². The number of hydrogen-bond acceptors (Lipinski definition) is 2. The zero-order valence-corrected chi connectivity index (χ0v) is 15.2. The van der Waals surface area contributed by atoms with E-state index in [9.17, 15) is 4.79 Å². The third-order valence-electron chi connectivity index (χ3n) is 4.15. The Morgan fingerprint density at radius 1 is 1.04 bits per heavy atom. The molecule has 0 bridgehead atoms. The standard InChI is InChI=1S/C21H28N2O/c1-5-17-10-12-18(13-11-17)14-23(4)15-21(24)22-20-9-7-6-8-19(20)16(2)3/h6-13,16H,5,14-15H2,1-4H3,(H,22,24). The van der Waals surface area contributed by atoms with Crippen LogP contribution in [0.3, 0.4) is 0 Å². The van der Waals surface area contributed by atoms with E-state index in [0.717, 1.165) is 18.7 Å². The van der Waals surface area contributed by atoms with E-state index in [1.54, 1.807) is 0 Å². The van der Waals surface area contributed by atoms with Crippen LogP contribution in [0, 0.1) is 0 Å². The largest absolute Gasteiger partial charge is 0.325 e. The summed E-state index contributed by atoms with van der Waals surface area (Å²) in [4.78, 5) is 14.4. The fourth-order valence-corrected chi connectivity index (χ4v) is 2.80. The molecule has 0 aliphatic carbocycles. The lowest BCUT2D eigenvalue weighted by Crippen LogP contribution is -2.30. The number of amides is 1. The first-order chi connectivity index (χ1) is 11.5. The van der Waals surface area contributed by atoms with Gasteiger partial charge in [-0.05, 0) is 42.1 Å². The van der Waals surface area contributed by atoms with Crippen molar-refractivity contribution in [3.8, 4) is 0 Å². The first-order valence-corrected chi connectivity index (χ1v) is 8.64. The molecule has 0 spiro atoms. The number of benzene rings is 2. The normalized spacial score (nSPS) is 11.1. The van der Waals surface area contributed by atoms with Crippen LogP contribution in [0.4, 0.5) is 5.69 Å². The number of hydrogen-bond donors (Lipinski definition) is 1. The van der Waals surface area contributed by atoms with Gasteiger partial charge >= 0.3 is 0 Å². The molecule has 1 N–H and O–H groups in total. The number of carbonyl (C=O) groups is 1. The van der Waals surface area contributed by atoms with E-state index in [-0.39, 0.29) is 5.91 Å². The number of nitrogens with one attached hydrogen (secondary N) is 1. The van der Waals surface area contributed by atoms with Gasteiger partial charge in [-0.15, -0.1) is 0 Å². The molecule has 1 amide bonds. The Morgan fingerprint density at radius 2 is 1.67 bits per heavy atom. The average Bonchev–Trinajstić information content (AvgIpc) is 2.55. The molecule has 128 valence electrons. The molecular formula is C21H28N2O. The fraction of sp³-hybridized carbons (Fsp3) is 0.381. The van der Waals surface area contributed by atoms with Crippen molar-refractivity contribution in [1.29, 1.82) is 0 Å². The Hall–Kier alpha value is -2.13. The summed E-state index contributed by atoms with van der Waals surface area (Å²) >= 11 is 0. The van der Waals surface area contributed by atoms with E-state index < -0.39 is 0 Å². The minimum atomic E-state index is 0.0239. The number of likely N-dealkylation sites (N-methyl/N-ethyl adjacent to an activating group) is 1. The predicted octanol–water partition coefficient (Wildman–Crippen LogP) is 4.44. The van der Waals surface area contributed by atoms with E-state index in [2.05, 4.69) is 56.4 Å². The van der Waals surface area contributed by atoms with E-state index >= 15 is 0 Å². The molecule has 0 saturated heterocycles. The Bertz CT molecular complexity index is 662. The first kappa shape index (κ1) is 18.2. The maximum Gasteiger partial charge on any atom is 0.238 e.